The molecule has 0 heterocycles. The molecule has 2 rings (SSSR count). The first kappa shape index (κ1) is 14.7. The van der Waals surface area contributed by atoms with Crippen molar-refractivity contribution in [3.05, 3.63) is 23.8 Å². The zero-order valence-electron chi connectivity index (χ0n) is 12.3. The van der Waals surface area contributed by atoms with Gasteiger partial charge in [0.25, 0.3) is 5.91 Å². The van der Waals surface area contributed by atoms with Crippen molar-refractivity contribution in [2.45, 2.75) is 31.8 Å². The second-order valence-corrected chi connectivity index (χ2v) is 5.45. The van der Waals surface area contributed by atoms with E-state index in [1.165, 1.54) is 12.8 Å². The van der Waals surface area contributed by atoms with Crippen LogP contribution in [-0.4, -0.2) is 43.6 Å². The number of benzene rings is 1. The molecule has 1 atom stereocenters. The molecule has 0 aromatic heterocycles. The maximum atomic E-state index is 12.1. The number of carbonyl (C=O) groups is 1. The summed E-state index contributed by atoms with van der Waals surface area (Å²) in [5, 5.41) is 2.95. The lowest BCUT2D eigenvalue weighted by Crippen LogP contribution is -2.41. The monoisotopic (exact) mass is 277 g/mol. The third kappa shape index (κ3) is 3.63. The van der Waals surface area contributed by atoms with Crippen LogP contribution in [0, 0.1) is 0 Å². The largest absolute Gasteiger partial charge is 0.497 e. The van der Waals surface area contributed by atoms with E-state index < -0.39 is 0 Å². The molecule has 110 valence electrons. The van der Waals surface area contributed by atoms with E-state index in [9.17, 15) is 4.79 Å². The number of rotatable bonds is 6. The molecule has 5 heteroatoms. The van der Waals surface area contributed by atoms with Crippen molar-refractivity contribution in [1.82, 2.24) is 10.2 Å². The molecule has 3 N–H and O–H groups in total. The Kier molecular flexibility index (Phi) is 4.49. The number of anilines is 1. The summed E-state index contributed by atoms with van der Waals surface area (Å²) in [6.07, 6.45) is 2.53. The summed E-state index contributed by atoms with van der Waals surface area (Å²) < 4.78 is 5.12. The summed E-state index contributed by atoms with van der Waals surface area (Å²) in [6, 6.07) is 6.07. The molecule has 1 aliphatic rings. The normalized spacial score (nSPS) is 16.0. The lowest BCUT2D eigenvalue weighted by Gasteiger charge is -2.24. The molecule has 1 aromatic rings. The number of hydrogen-bond donors (Lipinski definition) is 2. The standard InChI is InChI=1S/C15H23N3O2/c1-10(18(2)13-4-5-13)9-17-15(19)11-6-12(16)8-14(7-11)20-3/h6-8,10,13H,4-5,9,16H2,1-3H3,(H,17,19). The molecule has 0 aliphatic heterocycles. The average Bonchev–Trinajstić information content (AvgIpc) is 3.27. The quantitative estimate of drug-likeness (QED) is 0.773. The summed E-state index contributed by atoms with van der Waals surface area (Å²) >= 11 is 0. The van der Waals surface area contributed by atoms with Crippen molar-refractivity contribution in [2.75, 3.05) is 26.4 Å². The van der Waals surface area contributed by atoms with Gasteiger partial charge in [-0.2, -0.15) is 0 Å². The molecule has 1 fully saturated rings. The first-order valence-electron chi connectivity index (χ1n) is 6.96. The first-order valence-corrected chi connectivity index (χ1v) is 6.96. The number of ether oxygens (including phenoxy) is 1. The van der Waals surface area contributed by atoms with Gasteiger partial charge in [0.1, 0.15) is 5.75 Å². The predicted octanol–water partition coefficient (Wildman–Crippen LogP) is 1.49. The fourth-order valence-electron chi connectivity index (χ4n) is 2.20. The van der Waals surface area contributed by atoms with Crippen LogP contribution in [0.5, 0.6) is 5.75 Å². The maximum Gasteiger partial charge on any atom is 0.251 e. The molecule has 0 radical (unpaired) electrons. The number of nitrogens with zero attached hydrogens (tertiary/aromatic N) is 1. The number of carbonyl (C=O) groups excluding carboxylic acids is 1. The van der Waals surface area contributed by atoms with Gasteiger partial charge in [-0.3, -0.25) is 9.69 Å². The minimum atomic E-state index is -0.119. The van der Waals surface area contributed by atoms with Crippen molar-refractivity contribution >= 4 is 11.6 Å². The molecular formula is C15H23N3O2. The van der Waals surface area contributed by atoms with Gasteiger partial charge in [0.05, 0.1) is 7.11 Å². The van der Waals surface area contributed by atoms with Crippen LogP contribution in [0.25, 0.3) is 0 Å². The van der Waals surface area contributed by atoms with Crippen molar-refractivity contribution < 1.29 is 9.53 Å². The highest BCUT2D eigenvalue weighted by Crippen LogP contribution is 2.26. The van der Waals surface area contributed by atoms with Crippen LogP contribution in [0.15, 0.2) is 18.2 Å². The van der Waals surface area contributed by atoms with Crippen LogP contribution in [-0.2, 0) is 0 Å². The molecule has 20 heavy (non-hydrogen) atoms. The second kappa shape index (κ2) is 6.13. The van der Waals surface area contributed by atoms with Crippen LogP contribution >= 0.6 is 0 Å². The van der Waals surface area contributed by atoms with Gasteiger partial charge in [0.15, 0.2) is 0 Å². The number of likely N-dealkylation sites (N-methyl/N-ethyl adjacent to an activating group) is 1. The third-order valence-electron chi connectivity index (χ3n) is 3.80. The van der Waals surface area contributed by atoms with Crippen molar-refractivity contribution in [3.63, 3.8) is 0 Å². The summed E-state index contributed by atoms with van der Waals surface area (Å²) in [7, 11) is 3.67. The Morgan fingerprint density at radius 3 is 2.80 bits per heavy atom. The minimum absolute atomic E-state index is 0.119. The van der Waals surface area contributed by atoms with Gasteiger partial charge in [0.2, 0.25) is 0 Å². The topological polar surface area (TPSA) is 67.6 Å². The number of nitrogens with one attached hydrogen (secondary N) is 1. The van der Waals surface area contributed by atoms with Gasteiger partial charge < -0.3 is 15.8 Å². The molecule has 1 unspecified atom stereocenters. The Bertz CT molecular complexity index is 486. The molecule has 1 aliphatic carbocycles. The highest BCUT2D eigenvalue weighted by molar-refractivity contribution is 5.95. The highest BCUT2D eigenvalue weighted by atomic mass is 16.5. The van der Waals surface area contributed by atoms with Gasteiger partial charge in [-0.15, -0.1) is 0 Å². The van der Waals surface area contributed by atoms with Gasteiger partial charge in [-0.25, -0.2) is 0 Å². The summed E-state index contributed by atoms with van der Waals surface area (Å²) in [5.41, 5.74) is 6.81. The Labute approximate surface area is 120 Å². The lowest BCUT2D eigenvalue weighted by molar-refractivity contribution is 0.0939. The lowest BCUT2D eigenvalue weighted by atomic mass is 10.1. The van der Waals surface area contributed by atoms with E-state index in [1.807, 2.05) is 0 Å². The van der Waals surface area contributed by atoms with E-state index in [-0.39, 0.29) is 5.91 Å². The molecule has 0 bridgehead atoms. The van der Waals surface area contributed by atoms with Gasteiger partial charge in [0, 0.05) is 35.9 Å². The number of nitrogens with two attached hydrogens (primary N) is 1. The zero-order chi connectivity index (χ0) is 14.7. The second-order valence-electron chi connectivity index (χ2n) is 5.45. The van der Waals surface area contributed by atoms with Gasteiger partial charge in [-0.05, 0) is 38.9 Å². The van der Waals surface area contributed by atoms with Crippen molar-refractivity contribution in [2.24, 2.45) is 0 Å². The van der Waals surface area contributed by atoms with Crippen LogP contribution in [0.2, 0.25) is 0 Å². The van der Waals surface area contributed by atoms with E-state index >= 15 is 0 Å². The molecule has 0 saturated heterocycles. The van der Waals surface area contributed by atoms with E-state index in [2.05, 4.69) is 24.2 Å². The smallest absolute Gasteiger partial charge is 0.251 e. The number of amides is 1. The Morgan fingerprint density at radius 1 is 1.50 bits per heavy atom. The minimum Gasteiger partial charge on any atom is -0.497 e. The molecule has 1 amide bonds. The van der Waals surface area contributed by atoms with Gasteiger partial charge >= 0.3 is 0 Å². The molecule has 0 spiro atoms. The predicted molar refractivity (Wildman–Crippen MR) is 80.0 cm³/mol. The van der Waals surface area contributed by atoms with Crippen molar-refractivity contribution in [1.29, 1.82) is 0 Å². The van der Waals surface area contributed by atoms with E-state index in [4.69, 9.17) is 10.5 Å². The number of methoxy groups -OCH3 is 1. The first-order chi connectivity index (χ1) is 9.51. The Hall–Kier alpha value is -1.75. The van der Waals surface area contributed by atoms with Gasteiger partial charge in [-0.1, -0.05) is 0 Å². The fourth-order valence-corrected chi connectivity index (χ4v) is 2.20. The molecular weight excluding hydrogens is 254 g/mol. The molecule has 1 saturated carbocycles. The summed E-state index contributed by atoms with van der Waals surface area (Å²) in [6.45, 7) is 2.75. The Morgan fingerprint density at radius 2 is 2.20 bits per heavy atom. The summed E-state index contributed by atoms with van der Waals surface area (Å²) in [4.78, 5) is 14.5. The Balaban J connectivity index is 1.92. The maximum absolute atomic E-state index is 12.1. The van der Waals surface area contributed by atoms with Crippen molar-refractivity contribution in [3.8, 4) is 5.75 Å². The van der Waals surface area contributed by atoms with Crippen LogP contribution in [0.4, 0.5) is 5.69 Å². The number of hydrogen-bond acceptors (Lipinski definition) is 4. The average molecular weight is 277 g/mol. The molecule has 1 aromatic carbocycles. The van der Waals surface area contributed by atoms with Crippen LogP contribution in [0.1, 0.15) is 30.1 Å². The number of nitrogen functional groups attached to an aromatic ring is 1. The highest BCUT2D eigenvalue weighted by Gasteiger charge is 2.29. The third-order valence-corrected chi connectivity index (χ3v) is 3.80. The summed E-state index contributed by atoms with van der Waals surface area (Å²) in [5.74, 6) is 0.477. The van der Waals surface area contributed by atoms with Crippen LogP contribution < -0.4 is 15.8 Å². The van der Waals surface area contributed by atoms with E-state index in [0.717, 1.165) is 0 Å². The SMILES string of the molecule is COc1cc(N)cc(C(=O)NCC(C)N(C)C2CC2)c1. The molecule has 5 nitrogen and oxygen atoms in total. The van der Waals surface area contributed by atoms with E-state index in [0.29, 0.717) is 35.6 Å². The fraction of sp³-hybridized carbons (Fsp3) is 0.533. The zero-order valence-corrected chi connectivity index (χ0v) is 12.3. The van der Waals surface area contributed by atoms with Crippen LogP contribution in [0.3, 0.4) is 0 Å². The van der Waals surface area contributed by atoms with E-state index in [1.54, 1.807) is 25.3 Å².